The fourth-order valence-electron chi connectivity index (χ4n) is 1.28. The van der Waals surface area contributed by atoms with Crippen molar-refractivity contribution in [2.24, 2.45) is 0 Å². The summed E-state index contributed by atoms with van der Waals surface area (Å²) in [4.78, 5) is 15.0. The second kappa shape index (κ2) is 5.05. The topological polar surface area (TPSA) is 99.9 Å². The Labute approximate surface area is 105 Å². The summed E-state index contributed by atoms with van der Waals surface area (Å²) in [5, 5.41) is 28.9. The molecule has 1 unspecified atom stereocenters. The van der Waals surface area contributed by atoms with Gasteiger partial charge in [0.2, 0.25) is 0 Å². The number of aromatic nitrogens is 1. The van der Waals surface area contributed by atoms with Crippen molar-refractivity contribution < 1.29 is 24.7 Å². The molecule has 1 heterocycles. The highest BCUT2D eigenvalue weighted by Gasteiger charge is 2.50. The second-order valence-electron chi connectivity index (χ2n) is 4.65. The van der Waals surface area contributed by atoms with E-state index in [1.165, 1.54) is 45.3 Å². The van der Waals surface area contributed by atoms with E-state index in [0.717, 1.165) is 0 Å². The molecule has 0 aliphatic carbocycles. The van der Waals surface area contributed by atoms with Crippen LogP contribution in [0.25, 0.3) is 0 Å². The summed E-state index contributed by atoms with van der Waals surface area (Å²) in [5.74, 6) is -1.36. The van der Waals surface area contributed by atoms with Gasteiger partial charge in [-0.25, -0.2) is 4.79 Å². The number of carboxylic acid groups (broad SMARTS) is 1. The normalized spacial score (nSPS) is 14.9. The number of nitrogens with zero attached hydrogens (tertiary/aromatic N) is 1. The summed E-state index contributed by atoms with van der Waals surface area (Å²) in [6.45, 7) is 3.82. The summed E-state index contributed by atoms with van der Waals surface area (Å²) in [5.41, 5.74) is -3.23. The number of aliphatic hydroxyl groups is 1. The molecule has 0 fully saturated rings. The van der Waals surface area contributed by atoms with E-state index in [-0.39, 0.29) is 0 Å². The number of hydrogen-bond donors (Lipinski definition) is 3. The summed E-state index contributed by atoms with van der Waals surface area (Å²) in [7, 11) is -1.46. The van der Waals surface area contributed by atoms with Gasteiger partial charge < -0.3 is 19.9 Å². The van der Waals surface area contributed by atoms with Gasteiger partial charge in [0.05, 0.1) is 5.60 Å². The molecule has 3 N–H and O–H groups in total. The van der Waals surface area contributed by atoms with Crippen LogP contribution in [0.2, 0.25) is 0 Å². The lowest BCUT2D eigenvalue weighted by Gasteiger charge is -2.37. The largest absolute Gasteiger partial charge is 0.492 e. The number of rotatable bonds is 5. The molecule has 0 spiro atoms. The zero-order valence-electron chi connectivity index (χ0n) is 10.5. The minimum atomic E-state index is -1.93. The molecule has 1 aromatic heterocycles. The van der Waals surface area contributed by atoms with Crippen LogP contribution in [0.4, 0.5) is 0 Å². The van der Waals surface area contributed by atoms with Gasteiger partial charge in [-0.3, -0.25) is 4.98 Å². The number of pyridine rings is 1. The van der Waals surface area contributed by atoms with Crippen LogP contribution in [-0.4, -0.2) is 44.5 Å². The van der Waals surface area contributed by atoms with Crippen LogP contribution in [0.1, 0.15) is 20.8 Å². The third kappa shape index (κ3) is 2.87. The van der Waals surface area contributed by atoms with Crippen LogP contribution in [-0.2, 0) is 9.45 Å². The lowest BCUT2D eigenvalue weighted by molar-refractivity contribution is -0.177. The monoisotopic (exact) mass is 253 g/mol. The Morgan fingerprint density at radius 1 is 1.33 bits per heavy atom. The highest BCUT2D eigenvalue weighted by atomic mass is 16.6. The van der Waals surface area contributed by atoms with Gasteiger partial charge in [0.25, 0.3) is 0 Å². The van der Waals surface area contributed by atoms with Crippen molar-refractivity contribution in [3.05, 3.63) is 24.5 Å². The molecule has 1 aromatic rings. The lowest BCUT2D eigenvalue weighted by atomic mass is 9.76. The van der Waals surface area contributed by atoms with Crippen LogP contribution in [0.15, 0.2) is 24.5 Å². The molecule has 18 heavy (non-hydrogen) atoms. The zero-order valence-corrected chi connectivity index (χ0v) is 10.5. The van der Waals surface area contributed by atoms with Crippen LogP contribution in [0.5, 0.6) is 0 Å². The first-order chi connectivity index (χ1) is 8.18. The molecule has 0 aromatic carbocycles. The van der Waals surface area contributed by atoms with Crippen molar-refractivity contribution >= 4 is 18.6 Å². The SMILES string of the molecule is CC(C)(O)C(C)(OB(O)c1ccncc1)C(=O)O. The predicted octanol–water partition coefficient (Wildman–Crippen LogP) is -0.600. The maximum absolute atomic E-state index is 11.2. The predicted molar refractivity (Wildman–Crippen MR) is 65.3 cm³/mol. The molecule has 6 nitrogen and oxygen atoms in total. The van der Waals surface area contributed by atoms with Gasteiger partial charge in [0, 0.05) is 12.4 Å². The van der Waals surface area contributed by atoms with Crippen LogP contribution < -0.4 is 5.46 Å². The number of carbonyl (C=O) groups is 1. The molecule has 0 aliphatic rings. The fraction of sp³-hybridized carbons (Fsp3) is 0.455. The molecule has 98 valence electrons. The average Bonchev–Trinajstić information content (AvgIpc) is 2.28. The van der Waals surface area contributed by atoms with Gasteiger partial charge in [0.1, 0.15) is 0 Å². The molecule has 0 radical (unpaired) electrons. The Morgan fingerprint density at radius 2 is 1.83 bits per heavy atom. The van der Waals surface area contributed by atoms with Gasteiger partial charge >= 0.3 is 13.1 Å². The molecule has 0 aliphatic heterocycles. The number of aliphatic carboxylic acids is 1. The summed E-state index contributed by atoms with van der Waals surface area (Å²) in [6, 6.07) is 2.99. The van der Waals surface area contributed by atoms with Crippen molar-refractivity contribution in [3.63, 3.8) is 0 Å². The first kappa shape index (κ1) is 14.6. The molecule has 7 heteroatoms. The Morgan fingerprint density at radius 3 is 2.22 bits per heavy atom. The Hall–Kier alpha value is -1.44. The zero-order chi connectivity index (χ0) is 14.0. The molecule has 0 bridgehead atoms. The summed E-state index contributed by atoms with van der Waals surface area (Å²) >= 11 is 0. The molecular weight excluding hydrogens is 237 g/mol. The van der Waals surface area contributed by atoms with Crippen LogP contribution >= 0.6 is 0 Å². The van der Waals surface area contributed by atoms with Gasteiger partial charge in [-0.05, 0) is 38.4 Å². The Bertz CT molecular complexity index is 419. The van der Waals surface area contributed by atoms with Crippen LogP contribution in [0, 0.1) is 0 Å². The minimum absolute atomic E-state index is 0.363. The molecule has 1 atom stereocenters. The number of carboxylic acids is 1. The van der Waals surface area contributed by atoms with Crippen LogP contribution in [0.3, 0.4) is 0 Å². The van der Waals surface area contributed by atoms with Gasteiger partial charge in [-0.15, -0.1) is 0 Å². The maximum atomic E-state index is 11.2. The van der Waals surface area contributed by atoms with Gasteiger partial charge in [-0.1, -0.05) is 0 Å². The van der Waals surface area contributed by atoms with E-state index in [0.29, 0.717) is 5.46 Å². The Kier molecular flexibility index (Phi) is 4.10. The maximum Gasteiger partial charge on any atom is 0.492 e. The summed E-state index contributed by atoms with van der Waals surface area (Å²) in [6.07, 6.45) is 2.90. The van der Waals surface area contributed by atoms with Gasteiger partial charge in [-0.2, -0.15) is 0 Å². The standard InChI is InChI=1S/C11H16BNO5/c1-10(2,16)11(3,9(14)15)18-12(17)8-4-6-13-7-5-8/h4-7,16-17H,1-3H3,(H,14,15). The van der Waals surface area contributed by atoms with E-state index >= 15 is 0 Å². The lowest BCUT2D eigenvalue weighted by Crippen LogP contribution is -2.59. The third-order valence-electron chi connectivity index (χ3n) is 2.91. The second-order valence-corrected chi connectivity index (χ2v) is 4.65. The third-order valence-corrected chi connectivity index (χ3v) is 2.91. The van der Waals surface area contributed by atoms with E-state index in [9.17, 15) is 14.9 Å². The highest BCUT2D eigenvalue weighted by molar-refractivity contribution is 6.60. The molecule has 1 rings (SSSR count). The smallest absolute Gasteiger partial charge is 0.479 e. The quantitative estimate of drug-likeness (QED) is 0.606. The first-order valence-corrected chi connectivity index (χ1v) is 5.40. The van der Waals surface area contributed by atoms with E-state index in [1.54, 1.807) is 0 Å². The molecule has 0 amide bonds. The van der Waals surface area contributed by atoms with Crippen molar-refractivity contribution in [3.8, 4) is 0 Å². The van der Waals surface area contributed by atoms with E-state index in [4.69, 9.17) is 9.76 Å². The molecule has 0 saturated heterocycles. The van der Waals surface area contributed by atoms with Gasteiger partial charge in [0.15, 0.2) is 5.60 Å². The van der Waals surface area contributed by atoms with E-state index < -0.39 is 24.3 Å². The average molecular weight is 253 g/mol. The molecular formula is C11H16BNO5. The van der Waals surface area contributed by atoms with Crippen molar-refractivity contribution in [2.45, 2.75) is 32.0 Å². The van der Waals surface area contributed by atoms with Crippen molar-refractivity contribution in [1.29, 1.82) is 0 Å². The fourth-order valence-corrected chi connectivity index (χ4v) is 1.28. The van der Waals surface area contributed by atoms with Crippen molar-refractivity contribution in [1.82, 2.24) is 4.98 Å². The van der Waals surface area contributed by atoms with Crippen molar-refractivity contribution in [2.75, 3.05) is 0 Å². The number of hydrogen-bond acceptors (Lipinski definition) is 5. The highest BCUT2D eigenvalue weighted by Crippen LogP contribution is 2.26. The van der Waals surface area contributed by atoms with E-state index in [2.05, 4.69) is 4.98 Å². The minimum Gasteiger partial charge on any atom is -0.479 e. The van der Waals surface area contributed by atoms with E-state index in [1.807, 2.05) is 0 Å². The Balaban J connectivity index is 2.97. The molecule has 0 saturated carbocycles. The first-order valence-electron chi connectivity index (χ1n) is 5.40. The summed E-state index contributed by atoms with van der Waals surface area (Å²) < 4.78 is 5.13.